The number of amides is 2. The van der Waals surface area contributed by atoms with E-state index in [0.29, 0.717) is 19.0 Å². The molecule has 2 aliphatic heterocycles. The molecule has 2 heterocycles. The van der Waals surface area contributed by atoms with Crippen molar-refractivity contribution in [2.45, 2.75) is 53.1 Å². The van der Waals surface area contributed by atoms with Crippen molar-refractivity contribution in [3.63, 3.8) is 0 Å². The van der Waals surface area contributed by atoms with E-state index >= 15 is 0 Å². The van der Waals surface area contributed by atoms with Crippen LogP contribution >= 0.6 is 0 Å². The molecule has 0 atom stereocenters. The van der Waals surface area contributed by atoms with Crippen molar-refractivity contribution in [2.24, 2.45) is 11.8 Å². The van der Waals surface area contributed by atoms with Gasteiger partial charge >= 0.3 is 6.09 Å². The van der Waals surface area contributed by atoms with E-state index in [4.69, 9.17) is 4.74 Å². The zero-order chi connectivity index (χ0) is 18.6. The largest absolute Gasteiger partial charge is 0.444 e. The van der Waals surface area contributed by atoms with Gasteiger partial charge in [-0.25, -0.2) is 4.79 Å². The number of carbonyl (C=O) groups is 2. The Hall–Kier alpha value is -1.30. The monoisotopic (exact) mass is 353 g/mol. The summed E-state index contributed by atoms with van der Waals surface area (Å²) in [6.07, 6.45) is 1.22. The molecule has 0 saturated carbocycles. The number of nitrogens with zero attached hydrogens (tertiary/aromatic N) is 3. The minimum absolute atomic E-state index is 0.0512. The molecular weight excluding hydrogens is 318 g/mol. The van der Waals surface area contributed by atoms with Crippen LogP contribution in [0.1, 0.15) is 47.5 Å². The maximum Gasteiger partial charge on any atom is 0.410 e. The van der Waals surface area contributed by atoms with Gasteiger partial charge in [-0.05, 0) is 39.5 Å². The topological polar surface area (TPSA) is 53.1 Å². The van der Waals surface area contributed by atoms with Crippen LogP contribution in [-0.2, 0) is 9.53 Å². The molecular formula is C19H35N3O3. The molecule has 0 bridgehead atoms. The summed E-state index contributed by atoms with van der Waals surface area (Å²) in [6, 6.07) is 0. The van der Waals surface area contributed by atoms with Crippen LogP contribution in [0.3, 0.4) is 0 Å². The van der Waals surface area contributed by atoms with E-state index in [9.17, 15) is 9.59 Å². The molecule has 2 rings (SSSR count). The van der Waals surface area contributed by atoms with Crippen LogP contribution in [0.2, 0.25) is 0 Å². The van der Waals surface area contributed by atoms with Crippen molar-refractivity contribution >= 4 is 12.0 Å². The number of piperidine rings is 1. The lowest BCUT2D eigenvalue weighted by atomic mass is 9.95. The smallest absolute Gasteiger partial charge is 0.410 e. The zero-order valence-corrected chi connectivity index (χ0v) is 16.6. The number of hydrogen-bond acceptors (Lipinski definition) is 4. The van der Waals surface area contributed by atoms with Crippen LogP contribution < -0.4 is 0 Å². The van der Waals surface area contributed by atoms with E-state index in [0.717, 1.165) is 45.6 Å². The van der Waals surface area contributed by atoms with E-state index in [2.05, 4.69) is 18.7 Å². The molecule has 2 aliphatic rings. The molecule has 0 aliphatic carbocycles. The van der Waals surface area contributed by atoms with Gasteiger partial charge in [-0.2, -0.15) is 0 Å². The summed E-state index contributed by atoms with van der Waals surface area (Å²) in [6.45, 7) is 16.0. The lowest BCUT2D eigenvalue weighted by Crippen LogP contribution is -2.52. The first-order valence-corrected chi connectivity index (χ1v) is 9.65. The summed E-state index contributed by atoms with van der Waals surface area (Å²) < 4.78 is 5.42. The highest BCUT2D eigenvalue weighted by Crippen LogP contribution is 2.22. The fourth-order valence-electron chi connectivity index (χ4n) is 3.56. The first kappa shape index (κ1) is 20.0. The third-order valence-electron chi connectivity index (χ3n) is 4.80. The number of rotatable bonds is 3. The van der Waals surface area contributed by atoms with Crippen molar-refractivity contribution in [3.05, 3.63) is 0 Å². The molecule has 6 heteroatoms. The van der Waals surface area contributed by atoms with Gasteiger partial charge in [0.25, 0.3) is 0 Å². The Morgan fingerprint density at radius 3 is 2.00 bits per heavy atom. The Balaban J connectivity index is 1.75. The molecule has 0 aromatic rings. The summed E-state index contributed by atoms with van der Waals surface area (Å²) >= 11 is 0. The molecule has 0 N–H and O–H groups in total. The fraction of sp³-hybridized carbons (Fsp3) is 0.895. The second-order valence-corrected chi connectivity index (χ2v) is 8.76. The quantitative estimate of drug-likeness (QED) is 0.782. The normalized spacial score (nSPS) is 20.9. The SMILES string of the molecule is CC(C)CN1CCN(C(=O)C2CCN(C(=O)OC(C)(C)C)CC2)CC1. The van der Waals surface area contributed by atoms with Crippen molar-refractivity contribution in [3.8, 4) is 0 Å². The van der Waals surface area contributed by atoms with Gasteiger partial charge < -0.3 is 14.5 Å². The molecule has 6 nitrogen and oxygen atoms in total. The Morgan fingerprint density at radius 2 is 1.52 bits per heavy atom. The molecule has 2 fully saturated rings. The second-order valence-electron chi connectivity index (χ2n) is 8.76. The maximum absolute atomic E-state index is 12.8. The van der Waals surface area contributed by atoms with Gasteiger partial charge in [0.05, 0.1) is 0 Å². The first-order chi connectivity index (χ1) is 11.7. The van der Waals surface area contributed by atoms with Crippen LogP contribution in [0.15, 0.2) is 0 Å². The van der Waals surface area contributed by atoms with Gasteiger partial charge in [0.2, 0.25) is 5.91 Å². The molecule has 0 radical (unpaired) electrons. The maximum atomic E-state index is 12.8. The van der Waals surface area contributed by atoms with Gasteiger partial charge in [-0.3, -0.25) is 9.69 Å². The van der Waals surface area contributed by atoms with Crippen LogP contribution in [0.5, 0.6) is 0 Å². The number of hydrogen-bond donors (Lipinski definition) is 0. The molecule has 0 spiro atoms. The third-order valence-corrected chi connectivity index (χ3v) is 4.80. The van der Waals surface area contributed by atoms with Crippen molar-refractivity contribution in [2.75, 3.05) is 45.8 Å². The standard InChI is InChI=1S/C19H35N3O3/c1-15(2)14-20-10-12-21(13-11-20)17(23)16-6-8-22(9-7-16)18(24)25-19(3,4)5/h15-16H,6-14H2,1-5H3. The first-order valence-electron chi connectivity index (χ1n) is 9.65. The number of carbonyl (C=O) groups excluding carboxylic acids is 2. The minimum Gasteiger partial charge on any atom is -0.444 e. The van der Waals surface area contributed by atoms with Gasteiger partial charge in [-0.1, -0.05) is 13.8 Å². The van der Waals surface area contributed by atoms with Crippen LogP contribution in [0.4, 0.5) is 4.79 Å². The minimum atomic E-state index is -0.473. The molecule has 2 amide bonds. The second kappa shape index (κ2) is 8.39. The summed E-state index contributed by atoms with van der Waals surface area (Å²) in [7, 11) is 0. The molecule has 0 aromatic heterocycles. The van der Waals surface area contributed by atoms with Gasteiger partial charge in [0.15, 0.2) is 0 Å². The zero-order valence-electron chi connectivity index (χ0n) is 16.6. The lowest BCUT2D eigenvalue weighted by molar-refractivity contribution is -0.138. The third kappa shape index (κ3) is 6.17. The van der Waals surface area contributed by atoms with Crippen molar-refractivity contribution in [1.29, 1.82) is 0 Å². The summed E-state index contributed by atoms with van der Waals surface area (Å²) in [5.41, 5.74) is -0.473. The Kier molecular flexibility index (Phi) is 6.72. The fourth-order valence-corrected chi connectivity index (χ4v) is 3.56. The molecule has 0 aromatic carbocycles. The average molecular weight is 354 g/mol. The summed E-state index contributed by atoms with van der Waals surface area (Å²) in [5.74, 6) is 0.989. The molecule has 25 heavy (non-hydrogen) atoms. The van der Waals surface area contributed by atoms with Crippen molar-refractivity contribution in [1.82, 2.24) is 14.7 Å². The van der Waals surface area contributed by atoms with E-state index in [1.165, 1.54) is 0 Å². The Bertz CT molecular complexity index is 457. The molecule has 144 valence electrons. The highest BCUT2D eigenvalue weighted by molar-refractivity contribution is 5.79. The van der Waals surface area contributed by atoms with Crippen LogP contribution in [0, 0.1) is 11.8 Å². The lowest BCUT2D eigenvalue weighted by Gasteiger charge is -2.39. The van der Waals surface area contributed by atoms with E-state index < -0.39 is 5.60 Å². The predicted octanol–water partition coefficient (Wildman–Crippen LogP) is 2.43. The van der Waals surface area contributed by atoms with E-state index in [-0.39, 0.29) is 17.9 Å². The van der Waals surface area contributed by atoms with Crippen LogP contribution in [0.25, 0.3) is 0 Å². The van der Waals surface area contributed by atoms with Gasteiger partial charge in [0, 0.05) is 51.7 Å². The highest BCUT2D eigenvalue weighted by Gasteiger charge is 2.33. The van der Waals surface area contributed by atoms with Crippen LogP contribution in [-0.4, -0.2) is 78.1 Å². The number of likely N-dealkylation sites (tertiary alicyclic amines) is 1. The highest BCUT2D eigenvalue weighted by atomic mass is 16.6. The van der Waals surface area contributed by atoms with E-state index in [1.807, 2.05) is 25.7 Å². The number of piperazine rings is 1. The van der Waals surface area contributed by atoms with E-state index in [1.54, 1.807) is 4.90 Å². The Morgan fingerprint density at radius 1 is 0.960 bits per heavy atom. The summed E-state index contributed by atoms with van der Waals surface area (Å²) in [5, 5.41) is 0. The average Bonchev–Trinajstić information content (AvgIpc) is 2.53. The Labute approximate surface area is 152 Å². The van der Waals surface area contributed by atoms with Gasteiger partial charge in [-0.15, -0.1) is 0 Å². The van der Waals surface area contributed by atoms with Crippen molar-refractivity contribution < 1.29 is 14.3 Å². The number of ether oxygens (including phenoxy) is 1. The molecule has 0 unspecified atom stereocenters. The molecule has 2 saturated heterocycles. The van der Waals surface area contributed by atoms with Gasteiger partial charge in [0.1, 0.15) is 5.60 Å². The summed E-state index contributed by atoms with van der Waals surface area (Å²) in [4.78, 5) is 31.1. The predicted molar refractivity (Wildman–Crippen MR) is 98.4 cm³/mol.